The lowest BCUT2D eigenvalue weighted by Crippen LogP contribution is -2.15. The SMILES string of the molecule is C.CC(C)Oc1nc(OC(C)C)nc(OC(C)C)n1. The van der Waals surface area contributed by atoms with Gasteiger partial charge >= 0.3 is 18.0 Å². The fraction of sp³-hybridized carbons (Fsp3) is 0.769. The quantitative estimate of drug-likeness (QED) is 0.792. The van der Waals surface area contributed by atoms with E-state index in [4.69, 9.17) is 14.2 Å². The maximum absolute atomic E-state index is 5.44. The smallest absolute Gasteiger partial charge is 0.326 e. The summed E-state index contributed by atoms with van der Waals surface area (Å²) in [7, 11) is 0. The van der Waals surface area contributed by atoms with Crippen molar-refractivity contribution in [3.8, 4) is 18.0 Å². The van der Waals surface area contributed by atoms with Crippen molar-refractivity contribution in [3.63, 3.8) is 0 Å². The van der Waals surface area contributed by atoms with E-state index < -0.39 is 0 Å². The van der Waals surface area contributed by atoms with Gasteiger partial charge in [0.25, 0.3) is 0 Å². The zero-order valence-electron chi connectivity index (χ0n) is 11.8. The molecule has 0 atom stereocenters. The molecule has 0 aliphatic rings. The van der Waals surface area contributed by atoms with Crippen LogP contribution >= 0.6 is 0 Å². The van der Waals surface area contributed by atoms with Crippen molar-refractivity contribution in [2.45, 2.75) is 67.3 Å². The highest BCUT2D eigenvalue weighted by molar-refractivity contribution is 5.09. The van der Waals surface area contributed by atoms with Crippen LogP contribution in [0.2, 0.25) is 0 Å². The Hall–Kier alpha value is -1.59. The van der Waals surface area contributed by atoms with Crippen LogP contribution in [0.25, 0.3) is 0 Å². The Bertz CT molecular complexity index is 312. The van der Waals surface area contributed by atoms with Crippen LogP contribution in [0, 0.1) is 0 Å². The molecule has 0 fully saturated rings. The number of ether oxygens (including phenoxy) is 3. The van der Waals surface area contributed by atoms with Gasteiger partial charge in [-0.25, -0.2) is 0 Å². The van der Waals surface area contributed by atoms with Crippen molar-refractivity contribution in [2.75, 3.05) is 0 Å². The Morgan fingerprint density at radius 3 is 0.947 bits per heavy atom. The van der Waals surface area contributed by atoms with Crippen molar-refractivity contribution in [1.29, 1.82) is 0 Å². The molecule has 6 nitrogen and oxygen atoms in total. The molecule has 1 aromatic heterocycles. The molecule has 1 heterocycles. The second-order valence-electron chi connectivity index (χ2n) is 4.68. The standard InChI is InChI=1S/C12H21N3O3.CH4/c1-7(2)16-10-13-11(17-8(3)4)15-12(14-10)18-9(5)6;/h7-9H,1-6H3;1H4. The number of rotatable bonds is 6. The van der Waals surface area contributed by atoms with Gasteiger partial charge in [-0.1, -0.05) is 7.43 Å². The molecule has 6 heteroatoms. The van der Waals surface area contributed by atoms with E-state index in [-0.39, 0.29) is 43.8 Å². The van der Waals surface area contributed by atoms with Crippen molar-refractivity contribution < 1.29 is 14.2 Å². The van der Waals surface area contributed by atoms with Crippen LogP contribution in [0.3, 0.4) is 0 Å². The molecule has 0 aliphatic carbocycles. The number of aromatic nitrogens is 3. The van der Waals surface area contributed by atoms with Gasteiger partial charge in [0.2, 0.25) is 0 Å². The van der Waals surface area contributed by atoms with E-state index in [1.165, 1.54) is 0 Å². The zero-order valence-corrected chi connectivity index (χ0v) is 11.8. The fourth-order valence-corrected chi connectivity index (χ4v) is 1.11. The third-order valence-electron chi connectivity index (χ3n) is 1.60. The first kappa shape index (κ1) is 17.4. The Morgan fingerprint density at radius 1 is 0.579 bits per heavy atom. The molecule has 1 aromatic rings. The van der Waals surface area contributed by atoms with Crippen LogP contribution in [0.15, 0.2) is 0 Å². The van der Waals surface area contributed by atoms with Crippen LogP contribution in [0.1, 0.15) is 49.0 Å². The minimum Gasteiger partial charge on any atom is -0.461 e. The van der Waals surface area contributed by atoms with E-state index in [9.17, 15) is 0 Å². The average Bonchev–Trinajstić information content (AvgIpc) is 2.12. The van der Waals surface area contributed by atoms with E-state index in [2.05, 4.69) is 15.0 Å². The molecular weight excluding hydrogens is 246 g/mol. The maximum Gasteiger partial charge on any atom is 0.326 e. The van der Waals surface area contributed by atoms with Crippen LogP contribution in [0.4, 0.5) is 0 Å². The lowest BCUT2D eigenvalue weighted by Gasteiger charge is -2.13. The summed E-state index contributed by atoms with van der Waals surface area (Å²) in [6, 6.07) is 0.643. The summed E-state index contributed by atoms with van der Waals surface area (Å²) in [4.78, 5) is 12.2. The average molecular weight is 271 g/mol. The number of nitrogens with zero attached hydrogens (tertiary/aromatic N) is 3. The first-order chi connectivity index (χ1) is 8.36. The van der Waals surface area contributed by atoms with E-state index in [0.717, 1.165) is 0 Å². The first-order valence-electron chi connectivity index (χ1n) is 6.13. The summed E-state index contributed by atoms with van der Waals surface area (Å²) in [6.45, 7) is 11.4. The monoisotopic (exact) mass is 271 g/mol. The molecular formula is C13H25N3O3. The van der Waals surface area contributed by atoms with Crippen LogP contribution in [-0.4, -0.2) is 33.3 Å². The molecule has 0 aromatic carbocycles. The second kappa shape index (κ2) is 7.76. The Balaban J connectivity index is 0.00000324. The van der Waals surface area contributed by atoms with Crippen LogP contribution in [-0.2, 0) is 0 Å². The minimum absolute atomic E-state index is 0. The van der Waals surface area contributed by atoms with Crippen molar-refractivity contribution in [3.05, 3.63) is 0 Å². The Labute approximate surface area is 115 Å². The molecule has 19 heavy (non-hydrogen) atoms. The molecule has 0 N–H and O–H groups in total. The van der Waals surface area contributed by atoms with E-state index in [0.29, 0.717) is 0 Å². The van der Waals surface area contributed by atoms with Crippen molar-refractivity contribution in [2.24, 2.45) is 0 Å². The summed E-state index contributed by atoms with van der Waals surface area (Å²) in [5.41, 5.74) is 0. The van der Waals surface area contributed by atoms with E-state index >= 15 is 0 Å². The topological polar surface area (TPSA) is 66.4 Å². The van der Waals surface area contributed by atoms with Gasteiger partial charge in [0.05, 0.1) is 18.3 Å². The first-order valence-corrected chi connectivity index (χ1v) is 6.13. The van der Waals surface area contributed by atoms with E-state index in [1.54, 1.807) is 0 Å². The molecule has 0 radical (unpaired) electrons. The summed E-state index contributed by atoms with van der Waals surface area (Å²) >= 11 is 0. The van der Waals surface area contributed by atoms with Gasteiger partial charge in [-0.2, -0.15) is 0 Å². The second-order valence-corrected chi connectivity index (χ2v) is 4.68. The maximum atomic E-state index is 5.44. The fourth-order valence-electron chi connectivity index (χ4n) is 1.11. The highest BCUT2D eigenvalue weighted by atomic mass is 16.5. The number of hydrogen-bond donors (Lipinski definition) is 0. The van der Waals surface area contributed by atoms with Gasteiger partial charge in [-0.3, -0.25) is 0 Å². The summed E-state index contributed by atoms with van der Waals surface area (Å²) in [5.74, 6) is 0. The summed E-state index contributed by atoms with van der Waals surface area (Å²) in [5, 5.41) is 0. The molecule has 110 valence electrons. The van der Waals surface area contributed by atoms with Gasteiger partial charge in [0, 0.05) is 0 Å². The van der Waals surface area contributed by atoms with Crippen molar-refractivity contribution in [1.82, 2.24) is 15.0 Å². The normalized spacial score (nSPS) is 10.6. The minimum atomic E-state index is -0.0220. The molecule has 0 spiro atoms. The molecule has 0 amide bonds. The predicted octanol–water partition coefficient (Wildman–Crippen LogP) is 2.87. The molecule has 0 saturated carbocycles. The summed E-state index contributed by atoms with van der Waals surface area (Å²) in [6.07, 6.45) is -0.0661. The van der Waals surface area contributed by atoms with Crippen molar-refractivity contribution >= 4 is 0 Å². The van der Waals surface area contributed by atoms with E-state index in [1.807, 2.05) is 41.5 Å². The van der Waals surface area contributed by atoms with Crippen LogP contribution in [0.5, 0.6) is 18.0 Å². The zero-order chi connectivity index (χ0) is 13.7. The Morgan fingerprint density at radius 2 is 0.789 bits per heavy atom. The predicted molar refractivity (Wildman–Crippen MR) is 73.9 cm³/mol. The molecule has 0 unspecified atom stereocenters. The lowest BCUT2D eigenvalue weighted by molar-refractivity contribution is 0.174. The van der Waals surface area contributed by atoms with Gasteiger partial charge in [-0.15, -0.1) is 15.0 Å². The molecule has 0 saturated heterocycles. The summed E-state index contributed by atoms with van der Waals surface area (Å²) < 4.78 is 16.3. The highest BCUT2D eigenvalue weighted by Crippen LogP contribution is 2.17. The highest BCUT2D eigenvalue weighted by Gasteiger charge is 2.13. The molecule has 0 bridgehead atoms. The third kappa shape index (κ3) is 6.79. The van der Waals surface area contributed by atoms with Gasteiger partial charge in [0.1, 0.15) is 0 Å². The Kier molecular flexibility index (Phi) is 7.11. The van der Waals surface area contributed by atoms with Crippen LogP contribution < -0.4 is 14.2 Å². The third-order valence-corrected chi connectivity index (χ3v) is 1.60. The van der Waals surface area contributed by atoms with Gasteiger partial charge < -0.3 is 14.2 Å². The largest absolute Gasteiger partial charge is 0.461 e. The van der Waals surface area contributed by atoms with Gasteiger partial charge in [-0.05, 0) is 41.5 Å². The lowest BCUT2D eigenvalue weighted by atomic mass is 10.5. The molecule has 0 aliphatic heterocycles. The molecule has 1 rings (SSSR count). The number of hydrogen-bond acceptors (Lipinski definition) is 6. The van der Waals surface area contributed by atoms with Gasteiger partial charge in [0.15, 0.2) is 0 Å².